The number of rotatable bonds is 7. The molecule has 1 heterocycles. The highest BCUT2D eigenvalue weighted by Gasteiger charge is 2.23. The Kier molecular flexibility index (Phi) is 8.43. The molecule has 1 unspecified atom stereocenters. The first-order valence-corrected chi connectivity index (χ1v) is 8.43. The van der Waals surface area contributed by atoms with Gasteiger partial charge in [0, 0.05) is 26.1 Å². The summed E-state index contributed by atoms with van der Waals surface area (Å²) in [6, 6.07) is 0. The molecule has 1 atom stereocenters. The molecule has 0 spiro atoms. The first-order chi connectivity index (χ1) is 10.9. The first kappa shape index (κ1) is 19.3. The molecule has 1 aliphatic rings. The molecular formula is C16H30N4O3. The van der Waals surface area contributed by atoms with Gasteiger partial charge in [-0.1, -0.05) is 0 Å². The Balaban J connectivity index is 2.56. The lowest BCUT2D eigenvalue weighted by Gasteiger charge is -2.34. The monoisotopic (exact) mass is 326 g/mol. The Bertz CT molecular complexity index is 424. The highest BCUT2D eigenvalue weighted by atomic mass is 16.5. The van der Waals surface area contributed by atoms with Crippen molar-refractivity contribution >= 4 is 17.8 Å². The number of nitrogens with one attached hydrogen (secondary N) is 1. The van der Waals surface area contributed by atoms with Crippen LogP contribution >= 0.6 is 0 Å². The number of primary amides is 1. The van der Waals surface area contributed by atoms with Gasteiger partial charge >= 0.3 is 5.97 Å². The van der Waals surface area contributed by atoms with Gasteiger partial charge in [0.2, 0.25) is 5.91 Å². The molecule has 1 aliphatic heterocycles. The molecular weight excluding hydrogens is 296 g/mol. The summed E-state index contributed by atoms with van der Waals surface area (Å²) in [5, 5.41) is 3.25. The van der Waals surface area contributed by atoms with Crippen LogP contribution < -0.4 is 11.1 Å². The van der Waals surface area contributed by atoms with Crippen LogP contribution in [0, 0.1) is 5.92 Å². The summed E-state index contributed by atoms with van der Waals surface area (Å²) in [6.45, 7) is 8.49. The second kappa shape index (κ2) is 10.1. The summed E-state index contributed by atoms with van der Waals surface area (Å²) in [4.78, 5) is 29.3. The fourth-order valence-corrected chi connectivity index (χ4v) is 2.71. The number of hydrogen-bond donors (Lipinski definition) is 2. The third-order valence-corrected chi connectivity index (χ3v) is 3.59. The molecule has 7 heteroatoms. The Morgan fingerprint density at radius 3 is 2.78 bits per heavy atom. The van der Waals surface area contributed by atoms with E-state index in [2.05, 4.69) is 15.2 Å². The van der Waals surface area contributed by atoms with Crippen LogP contribution in [0.15, 0.2) is 4.99 Å². The Hall–Kier alpha value is -1.79. The predicted octanol–water partition coefficient (Wildman–Crippen LogP) is 0.881. The van der Waals surface area contributed by atoms with E-state index >= 15 is 0 Å². The number of likely N-dealkylation sites (tertiary alicyclic amines) is 1. The number of amides is 1. The van der Waals surface area contributed by atoms with Gasteiger partial charge in [-0.25, -0.2) is 0 Å². The fraction of sp³-hybridized carbons (Fsp3) is 0.812. The zero-order chi connectivity index (χ0) is 17.2. The molecule has 0 aromatic carbocycles. The predicted molar refractivity (Wildman–Crippen MR) is 89.9 cm³/mol. The van der Waals surface area contributed by atoms with E-state index in [0.29, 0.717) is 13.0 Å². The number of nitrogens with zero attached hydrogens (tertiary/aromatic N) is 2. The zero-order valence-electron chi connectivity index (χ0n) is 14.5. The van der Waals surface area contributed by atoms with Gasteiger partial charge in [-0.05, 0) is 39.5 Å². The standard InChI is InChI=1S/C16H30N4O3/c1-4-18-16(19-8-7-15(22)23-12(2)3)20-9-5-6-13(11-20)10-14(17)21/h12-13H,4-11H2,1-3H3,(H2,17,21)(H,18,19). The minimum atomic E-state index is -0.254. The van der Waals surface area contributed by atoms with Crippen LogP contribution in [0.5, 0.6) is 0 Å². The second-order valence-electron chi connectivity index (χ2n) is 6.15. The number of ether oxygens (including phenoxy) is 1. The minimum Gasteiger partial charge on any atom is -0.463 e. The van der Waals surface area contributed by atoms with E-state index < -0.39 is 0 Å². The molecule has 0 bridgehead atoms. The van der Waals surface area contributed by atoms with E-state index in [-0.39, 0.29) is 30.3 Å². The van der Waals surface area contributed by atoms with Crippen molar-refractivity contribution in [2.75, 3.05) is 26.2 Å². The maximum Gasteiger partial charge on any atom is 0.307 e. The molecule has 1 saturated heterocycles. The van der Waals surface area contributed by atoms with Crippen molar-refractivity contribution in [2.24, 2.45) is 16.6 Å². The van der Waals surface area contributed by atoms with Gasteiger partial charge in [0.1, 0.15) is 0 Å². The van der Waals surface area contributed by atoms with Gasteiger partial charge < -0.3 is 20.7 Å². The molecule has 0 aromatic rings. The molecule has 0 saturated carbocycles. The van der Waals surface area contributed by atoms with E-state index in [4.69, 9.17) is 10.5 Å². The molecule has 3 N–H and O–H groups in total. The van der Waals surface area contributed by atoms with Crippen molar-refractivity contribution in [3.05, 3.63) is 0 Å². The number of carbonyl (C=O) groups excluding carboxylic acids is 2. The number of guanidine groups is 1. The molecule has 0 radical (unpaired) electrons. The van der Waals surface area contributed by atoms with E-state index in [1.165, 1.54) is 0 Å². The highest BCUT2D eigenvalue weighted by molar-refractivity contribution is 5.80. The second-order valence-corrected chi connectivity index (χ2v) is 6.15. The van der Waals surface area contributed by atoms with Crippen molar-refractivity contribution in [1.29, 1.82) is 0 Å². The molecule has 1 rings (SSSR count). The van der Waals surface area contributed by atoms with Crippen LogP contribution in [0.4, 0.5) is 0 Å². The van der Waals surface area contributed by atoms with Crippen LogP contribution in [-0.4, -0.2) is 55.0 Å². The third-order valence-electron chi connectivity index (χ3n) is 3.59. The number of carbonyl (C=O) groups is 2. The smallest absolute Gasteiger partial charge is 0.307 e. The molecule has 132 valence electrons. The maximum absolute atomic E-state index is 11.6. The first-order valence-electron chi connectivity index (χ1n) is 8.43. The van der Waals surface area contributed by atoms with Crippen LogP contribution in [0.2, 0.25) is 0 Å². The number of aliphatic imine (C=N–C) groups is 1. The Morgan fingerprint density at radius 2 is 2.17 bits per heavy atom. The molecule has 0 aliphatic carbocycles. The van der Waals surface area contributed by atoms with Crippen LogP contribution in [0.3, 0.4) is 0 Å². The van der Waals surface area contributed by atoms with E-state index in [1.807, 2.05) is 20.8 Å². The lowest BCUT2D eigenvalue weighted by molar-refractivity contribution is -0.147. The van der Waals surface area contributed by atoms with Gasteiger partial charge in [0.05, 0.1) is 19.1 Å². The molecule has 7 nitrogen and oxygen atoms in total. The average Bonchev–Trinajstić information content (AvgIpc) is 2.45. The number of esters is 1. The van der Waals surface area contributed by atoms with Crippen LogP contribution in [0.25, 0.3) is 0 Å². The number of hydrogen-bond acceptors (Lipinski definition) is 4. The fourth-order valence-electron chi connectivity index (χ4n) is 2.71. The molecule has 0 aromatic heterocycles. The van der Waals surface area contributed by atoms with E-state index in [0.717, 1.165) is 38.4 Å². The Labute approximate surface area is 138 Å². The lowest BCUT2D eigenvalue weighted by Crippen LogP contribution is -2.47. The van der Waals surface area contributed by atoms with Gasteiger partial charge in [0.15, 0.2) is 5.96 Å². The minimum absolute atomic E-state index is 0.101. The summed E-state index contributed by atoms with van der Waals surface area (Å²) in [7, 11) is 0. The van der Waals surface area contributed by atoms with Gasteiger partial charge in [0.25, 0.3) is 0 Å². The van der Waals surface area contributed by atoms with Crippen molar-refractivity contribution in [3.63, 3.8) is 0 Å². The van der Waals surface area contributed by atoms with Crippen LogP contribution in [-0.2, 0) is 14.3 Å². The maximum atomic E-state index is 11.6. The zero-order valence-corrected chi connectivity index (χ0v) is 14.5. The lowest BCUT2D eigenvalue weighted by atomic mass is 9.95. The van der Waals surface area contributed by atoms with Crippen molar-refractivity contribution in [3.8, 4) is 0 Å². The van der Waals surface area contributed by atoms with Crippen LogP contribution in [0.1, 0.15) is 46.5 Å². The van der Waals surface area contributed by atoms with Crippen molar-refractivity contribution in [2.45, 2.75) is 52.6 Å². The topological polar surface area (TPSA) is 97.0 Å². The third kappa shape index (κ3) is 7.85. The summed E-state index contributed by atoms with van der Waals surface area (Å²) in [6.07, 6.45) is 2.61. The van der Waals surface area contributed by atoms with Gasteiger partial charge in [-0.3, -0.25) is 14.6 Å². The summed E-state index contributed by atoms with van der Waals surface area (Å²) in [5.41, 5.74) is 5.30. The van der Waals surface area contributed by atoms with Gasteiger partial charge in [-0.2, -0.15) is 0 Å². The quantitative estimate of drug-likeness (QED) is 0.411. The Morgan fingerprint density at radius 1 is 1.43 bits per heavy atom. The summed E-state index contributed by atoms with van der Waals surface area (Å²) >= 11 is 0. The largest absolute Gasteiger partial charge is 0.463 e. The molecule has 1 fully saturated rings. The summed E-state index contributed by atoms with van der Waals surface area (Å²) in [5.74, 6) is 0.579. The summed E-state index contributed by atoms with van der Waals surface area (Å²) < 4.78 is 5.10. The number of nitrogens with two attached hydrogens (primary N) is 1. The normalized spacial score (nSPS) is 18.9. The SMILES string of the molecule is CCNC(=NCCC(=O)OC(C)C)N1CCCC(CC(N)=O)C1. The average molecular weight is 326 g/mol. The van der Waals surface area contributed by atoms with Gasteiger partial charge in [-0.15, -0.1) is 0 Å². The van der Waals surface area contributed by atoms with Crippen molar-refractivity contribution in [1.82, 2.24) is 10.2 Å². The molecule has 23 heavy (non-hydrogen) atoms. The molecule has 1 amide bonds. The highest BCUT2D eigenvalue weighted by Crippen LogP contribution is 2.19. The van der Waals surface area contributed by atoms with E-state index in [1.54, 1.807) is 0 Å². The number of piperidine rings is 1. The van der Waals surface area contributed by atoms with Crippen molar-refractivity contribution < 1.29 is 14.3 Å². The van der Waals surface area contributed by atoms with E-state index in [9.17, 15) is 9.59 Å².